The van der Waals surface area contributed by atoms with Gasteiger partial charge in [0.2, 0.25) is 23.6 Å². The summed E-state index contributed by atoms with van der Waals surface area (Å²) in [7, 11) is 0. The molecule has 3 aromatic rings. The molecule has 0 spiro atoms. The molecular formula is C21H22N4O4. The van der Waals surface area contributed by atoms with E-state index < -0.39 is 17.9 Å². The van der Waals surface area contributed by atoms with E-state index in [-0.39, 0.29) is 31.7 Å². The minimum atomic E-state index is -0.886. The van der Waals surface area contributed by atoms with Gasteiger partial charge in [-0.1, -0.05) is 42.5 Å². The first kappa shape index (κ1) is 20.1. The smallest absolute Gasteiger partial charge is 0.243 e. The van der Waals surface area contributed by atoms with E-state index in [2.05, 4.69) is 15.6 Å². The summed E-state index contributed by atoms with van der Waals surface area (Å²) in [6.45, 7) is 0.0646. The summed E-state index contributed by atoms with van der Waals surface area (Å²) in [5.74, 6) is -0.944. The fourth-order valence-corrected chi connectivity index (χ4v) is 2.86. The number of fused-ring (bicyclic) bond motifs is 1. The molecule has 8 heteroatoms. The van der Waals surface area contributed by atoms with Crippen LogP contribution in [0.4, 0.5) is 0 Å². The minimum absolute atomic E-state index is 0.0212. The zero-order chi connectivity index (χ0) is 20.6. The average molecular weight is 394 g/mol. The third kappa shape index (κ3) is 5.90. The maximum Gasteiger partial charge on any atom is 0.243 e. The molecule has 1 aromatic heterocycles. The SMILES string of the molecule is NC(=O)CC[C@H](NC(=O)Cc1ccccc1)C(=O)NCc1nc2ccccc2o1. The predicted octanol–water partition coefficient (Wildman–Crippen LogP) is 1.44. The Balaban J connectivity index is 1.60. The van der Waals surface area contributed by atoms with Crippen molar-refractivity contribution in [1.82, 2.24) is 15.6 Å². The van der Waals surface area contributed by atoms with Crippen molar-refractivity contribution < 1.29 is 18.8 Å². The Morgan fingerprint density at radius 1 is 1.03 bits per heavy atom. The van der Waals surface area contributed by atoms with Crippen molar-refractivity contribution in [2.75, 3.05) is 0 Å². The summed E-state index contributed by atoms with van der Waals surface area (Å²) >= 11 is 0. The molecule has 3 amide bonds. The number of nitrogens with two attached hydrogens (primary N) is 1. The van der Waals surface area contributed by atoms with Crippen LogP contribution in [-0.4, -0.2) is 28.7 Å². The molecule has 0 saturated carbocycles. The molecule has 0 aliphatic rings. The van der Waals surface area contributed by atoms with Crippen LogP contribution in [0.5, 0.6) is 0 Å². The summed E-state index contributed by atoms with van der Waals surface area (Å²) in [4.78, 5) is 40.3. The van der Waals surface area contributed by atoms with Gasteiger partial charge >= 0.3 is 0 Å². The predicted molar refractivity (Wildman–Crippen MR) is 106 cm³/mol. The second kappa shape index (κ2) is 9.50. The summed E-state index contributed by atoms with van der Waals surface area (Å²) in [6.07, 6.45) is 0.216. The molecule has 3 rings (SSSR count). The Morgan fingerprint density at radius 3 is 2.48 bits per heavy atom. The zero-order valence-corrected chi connectivity index (χ0v) is 15.8. The number of hydrogen-bond donors (Lipinski definition) is 3. The Morgan fingerprint density at radius 2 is 1.76 bits per heavy atom. The van der Waals surface area contributed by atoms with Crippen LogP contribution in [-0.2, 0) is 27.3 Å². The highest BCUT2D eigenvalue weighted by Gasteiger charge is 2.22. The Labute approximate surface area is 167 Å². The molecule has 0 aliphatic heterocycles. The van der Waals surface area contributed by atoms with Crippen molar-refractivity contribution in [3.05, 3.63) is 66.1 Å². The van der Waals surface area contributed by atoms with Gasteiger partial charge in [0.25, 0.3) is 0 Å². The third-order valence-corrected chi connectivity index (χ3v) is 4.29. The minimum Gasteiger partial charge on any atom is -0.439 e. The summed E-state index contributed by atoms with van der Waals surface area (Å²) in [5, 5.41) is 5.36. The van der Waals surface area contributed by atoms with Crippen molar-refractivity contribution >= 4 is 28.8 Å². The topological polar surface area (TPSA) is 127 Å². The van der Waals surface area contributed by atoms with Crippen LogP contribution in [0.1, 0.15) is 24.3 Å². The van der Waals surface area contributed by atoms with Crippen molar-refractivity contribution in [2.24, 2.45) is 5.73 Å². The number of carbonyl (C=O) groups is 3. The molecule has 4 N–H and O–H groups in total. The lowest BCUT2D eigenvalue weighted by molar-refractivity contribution is -0.129. The van der Waals surface area contributed by atoms with Gasteiger partial charge in [-0.15, -0.1) is 0 Å². The summed E-state index contributed by atoms with van der Waals surface area (Å²) in [6, 6.07) is 15.6. The number of aromatic nitrogens is 1. The number of nitrogens with one attached hydrogen (secondary N) is 2. The van der Waals surface area contributed by atoms with Crippen molar-refractivity contribution in [2.45, 2.75) is 31.8 Å². The molecule has 0 fully saturated rings. The number of rotatable bonds is 9. The molecule has 0 bridgehead atoms. The average Bonchev–Trinajstić information content (AvgIpc) is 3.13. The first-order valence-corrected chi connectivity index (χ1v) is 9.25. The van der Waals surface area contributed by atoms with E-state index >= 15 is 0 Å². The first-order chi connectivity index (χ1) is 14.0. The van der Waals surface area contributed by atoms with Crippen molar-refractivity contribution in [1.29, 1.82) is 0 Å². The van der Waals surface area contributed by atoms with Gasteiger partial charge < -0.3 is 20.8 Å². The highest BCUT2D eigenvalue weighted by molar-refractivity contribution is 5.89. The molecule has 0 unspecified atom stereocenters. The Bertz CT molecular complexity index is 967. The molecule has 0 saturated heterocycles. The molecule has 1 heterocycles. The van der Waals surface area contributed by atoms with Crippen molar-refractivity contribution in [3.8, 4) is 0 Å². The third-order valence-electron chi connectivity index (χ3n) is 4.29. The molecule has 29 heavy (non-hydrogen) atoms. The van der Waals surface area contributed by atoms with Crippen LogP contribution in [0.25, 0.3) is 11.1 Å². The fourth-order valence-electron chi connectivity index (χ4n) is 2.86. The number of benzene rings is 2. The standard InChI is InChI=1S/C21H22N4O4/c22-18(26)11-10-16(24-19(27)12-14-6-2-1-3-7-14)21(28)23-13-20-25-15-8-4-5-9-17(15)29-20/h1-9,16H,10-13H2,(H2,22,26)(H,23,28)(H,24,27)/t16-/m0/s1. The van der Waals surface area contributed by atoms with Crippen LogP contribution in [0.3, 0.4) is 0 Å². The zero-order valence-electron chi connectivity index (χ0n) is 15.8. The number of carbonyl (C=O) groups excluding carboxylic acids is 3. The van der Waals surface area contributed by atoms with Crippen LogP contribution >= 0.6 is 0 Å². The second-order valence-electron chi connectivity index (χ2n) is 6.58. The normalized spacial score (nSPS) is 11.7. The number of para-hydroxylation sites is 2. The fraction of sp³-hybridized carbons (Fsp3) is 0.238. The number of oxazole rings is 1. The van der Waals surface area contributed by atoms with Gasteiger partial charge in [-0.3, -0.25) is 14.4 Å². The van der Waals surface area contributed by atoms with Gasteiger partial charge in [-0.2, -0.15) is 0 Å². The summed E-state index contributed by atoms with van der Waals surface area (Å²) < 4.78 is 5.57. The van der Waals surface area contributed by atoms with Crippen LogP contribution in [0.2, 0.25) is 0 Å². The summed E-state index contributed by atoms with van der Waals surface area (Å²) in [5.41, 5.74) is 7.34. The van der Waals surface area contributed by atoms with Crippen LogP contribution < -0.4 is 16.4 Å². The highest BCUT2D eigenvalue weighted by atomic mass is 16.3. The number of primary amides is 1. The number of nitrogens with zero attached hydrogens (tertiary/aromatic N) is 1. The molecule has 8 nitrogen and oxygen atoms in total. The molecular weight excluding hydrogens is 372 g/mol. The lowest BCUT2D eigenvalue weighted by Crippen LogP contribution is -2.47. The van der Waals surface area contributed by atoms with Crippen LogP contribution in [0, 0.1) is 0 Å². The van der Waals surface area contributed by atoms with E-state index in [0.29, 0.717) is 17.0 Å². The van der Waals surface area contributed by atoms with Gasteiger partial charge in [0.05, 0.1) is 13.0 Å². The molecule has 1 atom stereocenters. The van der Waals surface area contributed by atoms with Gasteiger partial charge in [-0.05, 0) is 24.1 Å². The highest BCUT2D eigenvalue weighted by Crippen LogP contribution is 2.14. The Hall–Kier alpha value is -3.68. The molecule has 150 valence electrons. The van der Waals surface area contributed by atoms with E-state index in [4.69, 9.17) is 10.2 Å². The van der Waals surface area contributed by atoms with Crippen molar-refractivity contribution in [3.63, 3.8) is 0 Å². The molecule has 2 aromatic carbocycles. The molecule has 0 radical (unpaired) electrons. The van der Waals surface area contributed by atoms with Gasteiger partial charge in [0.15, 0.2) is 5.58 Å². The number of hydrogen-bond acceptors (Lipinski definition) is 5. The molecule has 0 aliphatic carbocycles. The van der Waals surface area contributed by atoms with Gasteiger partial charge in [0.1, 0.15) is 11.6 Å². The lowest BCUT2D eigenvalue weighted by atomic mass is 10.1. The van der Waals surface area contributed by atoms with E-state index in [1.165, 1.54) is 0 Å². The van der Waals surface area contributed by atoms with E-state index in [0.717, 1.165) is 5.56 Å². The van der Waals surface area contributed by atoms with Gasteiger partial charge in [0, 0.05) is 6.42 Å². The largest absolute Gasteiger partial charge is 0.439 e. The van der Waals surface area contributed by atoms with E-state index in [1.807, 2.05) is 48.5 Å². The van der Waals surface area contributed by atoms with E-state index in [9.17, 15) is 14.4 Å². The quantitative estimate of drug-likeness (QED) is 0.506. The number of amides is 3. The monoisotopic (exact) mass is 394 g/mol. The second-order valence-corrected chi connectivity index (χ2v) is 6.58. The first-order valence-electron chi connectivity index (χ1n) is 9.25. The Kier molecular flexibility index (Phi) is 6.57. The van der Waals surface area contributed by atoms with Gasteiger partial charge in [-0.25, -0.2) is 4.98 Å². The maximum absolute atomic E-state index is 12.6. The van der Waals surface area contributed by atoms with E-state index in [1.54, 1.807) is 6.07 Å². The lowest BCUT2D eigenvalue weighted by Gasteiger charge is -2.17. The maximum atomic E-state index is 12.6. The van der Waals surface area contributed by atoms with Crippen LogP contribution in [0.15, 0.2) is 59.0 Å².